The second-order valence-electron chi connectivity index (χ2n) is 6.81. The first-order valence-corrected chi connectivity index (χ1v) is 9.95. The van der Waals surface area contributed by atoms with E-state index in [1.807, 2.05) is 12.1 Å². The number of primary amides is 1. The van der Waals surface area contributed by atoms with Crippen molar-refractivity contribution in [3.63, 3.8) is 0 Å². The number of aromatic nitrogens is 1. The summed E-state index contributed by atoms with van der Waals surface area (Å²) in [6, 6.07) is 8.12. The highest BCUT2D eigenvalue weighted by molar-refractivity contribution is 7.09. The maximum Gasteiger partial charge on any atom is 0.271 e. The fourth-order valence-corrected chi connectivity index (χ4v) is 3.96. The first-order valence-electron chi connectivity index (χ1n) is 9.07. The van der Waals surface area contributed by atoms with Crippen LogP contribution in [0.15, 0.2) is 29.6 Å². The minimum atomic E-state index is -0.212. The van der Waals surface area contributed by atoms with Crippen molar-refractivity contribution in [2.75, 3.05) is 13.1 Å². The van der Waals surface area contributed by atoms with Crippen LogP contribution in [0, 0.1) is 5.92 Å². The lowest BCUT2D eigenvalue weighted by Crippen LogP contribution is -2.40. The summed E-state index contributed by atoms with van der Waals surface area (Å²) in [5, 5.41) is 5.36. The molecule has 0 radical (unpaired) electrons. The van der Waals surface area contributed by atoms with Crippen LogP contribution in [-0.4, -0.2) is 34.8 Å². The minimum absolute atomic E-state index is 0.0576. The Balaban J connectivity index is 1.55. The van der Waals surface area contributed by atoms with Gasteiger partial charge in [-0.2, -0.15) is 0 Å². The molecule has 0 aliphatic carbocycles. The van der Waals surface area contributed by atoms with Crippen LogP contribution in [0.25, 0.3) is 0 Å². The third-order valence-electron chi connectivity index (χ3n) is 4.72. The quantitative estimate of drug-likeness (QED) is 0.661. The molecule has 144 valence electrons. The predicted molar refractivity (Wildman–Crippen MR) is 105 cm³/mol. The molecule has 7 nitrogen and oxygen atoms in total. The van der Waals surface area contributed by atoms with Gasteiger partial charge in [0.05, 0.1) is 5.92 Å². The minimum Gasteiger partial charge on any atom is -0.369 e. The Morgan fingerprint density at radius 1 is 1.33 bits per heavy atom. The van der Waals surface area contributed by atoms with Gasteiger partial charge in [0.1, 0.15) is 10.7 Å². The van der Waals surface area contributed by atoms with Crippen molar-refractivity contribution in [3.05, 3.63) is 51.5 Å². The van der Waals surface area contributed by atoms with Crippen LogP contribution in [0.2, 0.25) is 0 Å². The lowest BCUT2D eigenvalue weighted by Gasteiger charge is -2.31. The summed E-state index contributed by atoms with van der Waals surface area (Å²) in [5.74, 6) is -0.467. The van der Waals surface area contributed by atoms with E-state index in [0.29, 0.717) is 25.3 Å². The van der Waals surface area contributed by atoms with Gasteiger partial charge in [-0.15, -0.1) is 11.3 Å². The molecule has 2 aromatic rings. The number of likely N-dealkylation sites (tertiary alicyclic amines) is 1. The molecule has 1 unspecified atom stereocenters. The summed E-state index contributed by atoms with van der Waals surface area (Å²) in [4.78, 5) is 30.1. The number of carbonyl (C=O) groups is 2. The normalized spacial score (nSPS) is 17.6. The number of nitrogens with zero attached hydrogens (tertiary/aromatic N) is 2. The van der Waals surface area contributed by atoms with E-state index in [-0.39, 0.29) is 17.7 Å². The van der Waals surface area contributed by atoms with E-state index < -0.39 is 0 Å². The van der Waals surface area contributed by atoms with Gasteiger partial charge >= 0.3 is 0 Å². The number of thiazole rings is 1. The van der Waals surface area contributed by atoms with E-state index in [1.54, 1.807) is 5.38 Å². The molecule has 2 amide bonds. The van der Waals surface area contributed by atoms with Crippen LogP contribution in [0.1, 0.15) is 39.5 Å². The van der Waals surface area contributed by atoms with Crippen molar-refractivity contribution in [2.24, 2.45) is 17.4 Å². The number of hydrogen-bond acceptors (Lipinski definition) is 6. The summed E-state index contributed by atoms with van der Waals surface area (Å²) in [5.41, 5.74) is 13.6. The predicted octanol–water partition coefficient (Wildman–Crippen LogP) is 1.23. The number of nitrogens with one attached hydrogen (secondary N) is 1. The molecule has 1 fully saturated rings. The molecule has 0 spiro atoms. The Morgan fingerprint density at radius 2 is 2.15 bits per heavy atom. The SMILES string of the molecule is NCc1nc(C(=O)NCc2cccc(CN3CCCC(C(N)=O)C3)c2)cs1. The van der Waals surface area contributed by atoms with Crippen LogP contribution in [-0.2, 0) is 24.4 Å². The fourth-order valence-electron chi connectivity index (χ4n) is 3.31. The van der Waals surface area contributed by atoms with Crippen molar-refractivity contribution in [2.45, 2.75) is 32.5 Å². The number of piperidine rings is 1. The topological polar surface area (TPSA) is 114 Å². The molecule has 1 aliphatic heterocycles. The molecular weight excluding hydrogens is 362 g/mol. The van der Waals surface area contributed by atoms with E-state index in [4.69, 9.17) is 11.5 Å². The first kappa shape index (κ1) is 19.5. The first-order chi connectivity index (χ1) is 13.0. The van der Waals surface area contributed by atoms with Gasteiger partial charge in [-0.25, -0.2) is 4.98 Å². The highest BCUT2D eigenvalue weighted by Gasteiger charge is 2.23. The van der Waals surface area contributed by atoms with Crippen LogP contribution >= 0.6 is 11.3 Å². The molecule has 8 heteroatoms. The molecule has 5 N–H and O–H groups in total. The second kappa shape index (κ2) is 9.07. The van der Waals surface area contributed by atoms with E-state index in [1.165, 1.54) is 11.3 Å². The van der Waals surface area contributed by atoms with Gasteiger partial charge in [0, 0.05) is 31.6 Å². The van der Waals surface area contributed by atoms with E-state index >= 15 is 0 Å². The number of benzene rings is 1. The average molecular weight is 388 g/mol. The van der Waals surface area contributed by atoms with Crippen LogP contribution in [0.4, 0.5) is 0 Å². The molecule has 1 aromatic carbocycles. The van der Waals surface area contributed by atoms with Crippen molar-refractivity contribution >= 4 is 23.2 Å². The van der Waals surface area contributed by atoms with Crippen LogP contribution in [0.5, 0.6) is 0 Å². The lowest BCUT2D eigenvalue weighted by atomic mass is 9.97. The number of rotatable bonds is 7. The van der Waals surface area contributed by atoms with Gasteiger partial charge in [0.15, 0.2) is 0 Å². The highest BCUT2D eigenvalue weighted by Crippen LogP contribution is 2.19. The molecule has 1 aliphatic rings. The molecule has 3 rings (SSSR count). The number of hydrogen-bond donors (Lipinski definition) is 3. The standard InChI is InChI=1S/C19H25N5O2S/c20-8-17-23-16(12-27-17)19(26)22-9-13-3-1-4-14(7-13)10-24-6-2-5-15(11-24)18(21)25/h1,3-4,7,12,15H,2,5-6,8-11,20H2,(H2,21,25)(H,22,26). The summed E-state index contributed by atoms with van der Waals surface area (Å²) < 4.78 is 0. The Hall–Kier alpha value is -2.29. The molecule has 1 atom stereocenters. The zero-order chi connectivity index (χ0) is 19.2. The Labute approximate surface area is 162 Å². The van der Waals surface area contributed by atoms with Crippen molar-refractivity contribution in [3.8, 4) is 0 Å². The van der Waals surface area contributed by atoms with Gasteiger partial charge in [0.25, 0.3) is 5.91 Å². The summed E-state index contributed by atoms with van der Waals surface area (Å²) in [6.07, 6.45) is 1.86. The number of carbonyl (C=O) groups excluding carboxylic acids is 2. The maximum atomic E-state index is 12.2. The Bertz CT molecular complexity index is 807. The van der Waals surface area contributed by atoms with Crippen molar-refractivity contribution in [1.82, 2.24) is 15.2 Å². The van der Waals surface area contributed by atoms with Crippen LogP contribution < -0.4 is 16.8 Å². The van der Waals surface area contributed by atoms with Gasteiger partial charge in [-0.1, -0.05) is 24.3 Å². The zero-order valence-electron chi connectivity index (χ0n) is 15.2. The Morgan fingerprint density at radius 3 is 2.89 bits per heavy atom. The third-order valence-corrected chi connectivity index (χ3v) is 5.59. The summed E-state index contributed by atoms with van der Waals surface area (Å²) in [6.45, 7) is 3.23. The largest absolute Gasteiger partial charge is 0.369 e. The van der Waals surface area contributed by atoms with Gasteiger partial charge in [-0.05, 0) is 30.5 Å². The molecule has 0 bridgehead atoms. The van der Waals surface area contributed by atoms with Crippen molar-refractivity contribution in [1.29, 1.82) is 0 Å². The van der Waals surface area contributed by atoms with Crippen LogP contribution in [0.3, 0.4) is 0 Å². The zero-order valence-corrected chi connectivity index (χ0v) is 16.0. The second-order valence-corrected chi connectivity index (χ2v) is 7.75. The molecule has 1 aromatic heterocycles. The lowest BCUT2D eigenvalue weighted by molar-refractivity contribution is -0.123. The van der Waals surface area contributed by atoms with E-state index in [0.717, 1.165) is 42.1 Å². The molecule has 1 saturated heterocycles. The molecular formula is C19H25N5O2S. The third kappa shape index (κ3) is 5.35. The number of nitrogens with two attached hydrogens (primary N) is 2. The average Bonchev–Trinajstić information content (AvgIpc) is 3.16. The van der Waals surface area contributed by atoms with Gasteiger partial charge in [-0.3, -0.25) is 14.5 Å². The maximum absolute atomic E-state index is 12.2. The smallest absolute Gasteiger partial charge is 0.271 e. The summed E-state index contributed by atoms with van der Waals surface area (Å²) >= 11 is 1.39. The van der Waals surface area contributed by atoms with E-state index in [2.05, 4.69) is 27.3 Å². The van der Waals surface area contributed by atoms with Gasteiger partial charge < -0.3 is 16.8 Å². The summed E-state index contributed by atoms with van der Waals surface area (Å²) in [7, 11) is 0. The number of amides is 2. The Kier molecular flexibility index (Phi) is 6.54. The van der Waals surface area contributed by atoms with Gasteiger partial charge in [0.2, 0.25) is 5.91 Å². The molecule has 2 heterocycles. The van der Waals surface area contributed by atoms with Crippen molar-refractivity contribution < 1.29 is 9.59 Å². The fraction of sp³-hybridized carbons (Fsp3) is 0.421. The highest BCUT2D eigenvalue weighted by atomic mass is 32.1. The molecule has 27 heavy (non-hydrogen) atoms. The monoisotopic (exact) mass is 387 g/mol. The van der Waals surface area contributed by atoms with E-state index in [9.17, 15) is 9.59 Å². The molecule has 0 saturated carbocycles.